The number of aromatic amines is 1. The SMILES string of the molecule is Cc1[nH]c2ccc(F)cc2c1CC(=O)N1CCCCNC(=O)[C@H]([C@@H](C)O)NC(=O)[C@@H](CC(C)C)NC(=O)Cc2cccc(c2)OCC(=O)NCCC1. The summed E-state index contributed by atoms with van der Waals surface area (Å²) in [7, 11) is 0. The highest BCUT2D eigenvalue weighted by atomic mass is 19.1. The quantitative estimate of drug-likeness (QED) is 0.234. The van der Waals surface area contributed by atoms with Gasteiger partial charge >= 0.3 is 0 Å². The number of amides is 5. The Morgan fingerprint density at radius 3 is 2.44 bits per heavy atom. The summed E-state index contributed by atoms with van der Waals surface area (Å²) in [6.07, 6.45) is 0.575. The van der Waals surface area contributed by atoms with Gasteiger partial charge in [-0.1, -0.05) is 26.0 Å². The average molecular weight is 723 g/mol. The molecule has 2 heterocycles. The van der Waals surface area contributed by atoms with Crippen molar-refractivity contribution in [2.24, 2.45) is 5.92 Å². The van der Waals surface area contributed by atoms with Crippen LogP contribution in [0.15, 0.2) is 42.5 Å². The van der Waals surface area contributed by atoms with Gasteiger partial charge in [-0.3, -0.25) is 24.0 Å². The van der Waals surface area contributed by atoms with Crippen molar-refractivity contribution in [2.75, 3.05) is 32.8 Å². The highest BCUT2D eigenvalue weighted by Gasteiger charge is 2.30. The van der Waals surface area contributed by atoms with Crippen LogP contribution in [0.25, 0.3) is 10.9 Å². The number of benzene rings is 2. The van der Waals surface area contributed by atoms with Crippen LogP contribution in [0.1, 0.15) is 63.3 Å². The number of aliphatic hydroxyl groups excluding tert-OH is 1. The summed E-state index contributed by atoms with van der Waals surface area (Å²) in [5, 5.41) is 22.0. The summed E-state index contributed by atoms with van der Waals surface area (Å²) >= 11 is 0. The number of halogens is 1. The Labute approximate surface area is 303 Å². The fourth-order valence-electron chi connectivity index (χ4n) is 6.19. The lowest BCUT2D eigenvalue weighted by atomic mass is 10.0. The van der Waals surface area contributed by atoms with Crippen LogP contribution in [-0.2, 0) is 36.8 Å². The molecular weight excluding hydrogens is 671 g/mol. The number of rotatable bonds is 5. The molecule has 1 aliphatic heterocycles. The lowest BCUT2D eigenvalue weighted by molar-refractivity contribution is -0.134. The number of nitrogens with zero attached hydrogens (tertiary/aromatic N) is 1. The van der Waals surface area contributed by atoms with Crippen molar-refractivity contribution < 1.29 is 38.2 Å². The molecule has 282 valence electrons. The second kappa shape index (κ2) is 19.0. The molecule has 4 rings (SSSR count). The maximum absolute atomic E-state index is 14.1. The summed E-state index contributed by atoms with van der Waals surface area (Å²) in [5.41, 5.74) is 2.84. The number of hydrogen-bond donors (Lipinski definition) is 6. The van der Waals surface area contributed by atoms with E-state index in [0.717, 1.165) is 11.2 Å². The molecule has 5 amide bonds. The van der Waals surface area contributed by atoms with Crippen molar-refractivity contribution in [1.29, 1.82) is 0 Å². The maximum Gasteiger partial charge on any atom is 0.257 e. The molecule has 0 saturated heterocycles. The Kier molecular flexibility index (Phi) is 14.6. The van der Waals surface area contributed by atoms with E-state index < -0.39 is 41.7 Å². The highest BCUT2D eigenvalue weighted by Crippen LogP contribution is 2.24. The van der Waals surface area contributed by atoms with Gasteiger partial charge in [-0.2, -0.15) is 0 Å². The van der Waals surface area contributed by atoms with Gasteiger partial charge in [0.2, 0.25) is 23.6 Å². The molecular formula is C38H51FN6O7. The fraction of sp³-hybridized carbons (Fsp3) is 0.500. The van der Waals surface area contributed by atoms with Gasteiger partial charge in [-0.25, -0.2) is 4.39 Å². The minimum absolute atomic E-state index is 0.0328. The van der Waals surface area contributed by atoms with Gasteiger partial charge in [0.1, 0.15) is 23.7 Å². The number of ether oxygens (including phenoxy) is 1. The molecule has 3 atom stereocenters. The standard InChI is InChI=1S/C38H51FN6O7/c1-23(2)17-32-37(50)44-36(25(4)46)38(51)41-13-5-6-15-45(35(49)21-29-24(3)42-31-12-11-27(39)20-30(29)31)16-8-14-40-34(48)22-52-28-10-7-9-26(18-28)19-33(47)43-32/h7,9-12,18,20,23,25,32,36,42,46H,5-6,8,13-17,19,21-22H2,1-4H3,(H,40,48)(H,41,51)(H,43,47)(H,44,50)/t25-,32-,36+/m1/s1. The molecule has 2 aromatic carbocycles. The topological polar surface area (TPSA) is 182 Å². The number of H-pyrrole nitrogens is 1. The summed E-state index contributed by atoms with van der Waals surface area (Å²) in [5.74, 6) is -2.06. The Morgan fingerprint density at radius 1 is 0.942 bits per heavy atom. The van der Waals surface area contributed by atoms with Crippen molar-refractivity contribution in [3.05, 3.63) is 65.1 Å². The number of aryl methyl sites for hydroxylation is 1. The maximum atomic E-state index is 14.1. The van der Waals surface area contributed by atoms with E-state index in [1.807, 2.05) is 20.8 Å². The molecule has 14 heteroatoms. The zero-order chi connectivity index (χ0) is 37.8. The van der Waals surface area contributed by atoms with Gasteiger partial charge in [-0.05, 0) is 86.9 Å². The summed E-state index contributed by atoms with van der Waals surface area (Å²) in [6, 6.07) is 8.96. The lowest BCUT2D eigenvalue weighted by Gasteiger charge is -2.26. The van der Waals surface area contributed by atoms with Gasteiger partial charge in [0, 0.05) is 42.8 Å². The van der Waals surface area contributed by atoms with Crippen LogP contribution in [0.5, 0.6) is 5.75 Å². The predicted octanol–water partition coefficient (Wildman–Crippen LogP) is 2.42. The van der Waals surface area contributed by atoms with Crippen molar-refractivity contribution in [2.45, 2.75) is 84.4 Å². The summed E-state index contributed by atoms with van der Waals surface area (Å²) in [4.78, 5) is 70.7. The largest absolute Gasteiger partial charge is 0.484 e. The monoisotopic (exact) mass is 722 g/mol. The van der Waals surface area contributed by atoms with Crippen LogP contribution >= 0.6 is 0 Å². The Hall–Kier alpha value is -4.98. The molecule has 6 N–H and O–H groups in total. The minimum atomic E-state index is -1.25. The van der Waals surface area contributed by atoms with Crippen molar-refractivity contribution in [3.63, 3.8) is 0 Å². The van der Waals surface area contributed by atoms with E-state index in [4.69, 9.17) is 4.74 Å². The first-order chi connectivity index (χ1) is 24.8. The molecule has 1 aliphatic rings. The molecule has 3 aromatic rings. The number of aliphatic hydroxyl groups is 1. The predicted molar refractivity (Wildman–Crippen MR) is 194 cm³/mol. The summed E-state index contributed by atoms with van der Waals surface area (Å²) in [6.45, 7) is 8.04. The van der Waals surface area contributed by atoms with Crippen LogP contribution in [0.2, 0.25) is 0 Å². The molecule has 52 heavy (non-hydrogen) atoms. The molecule has 0 saturated carbocycles. The van der Waals surface area contributed by atoms with E-state index in [2.05, 4.69) is 26.3 Å². The Morgan fingerprint density at radius 2 is 1.69 bits per heavy atom. The van der Waals surface area contributed by atoms with E-state index in [0.29, 0.717) is 67.6 Å². The van der Waals surface area contributed by atoms with Crippen LogP contribution < -0.4 is 26.0 Å². The van der Waals surface area contributed by atoms with Crippen LogP contribution in [-0.4, -0.2) is 95.5 Å². The first-order valence-electron chi connectivity index (χ1n) is 17.9. The summed E-state index contributed by atoms with van der Waals surface area (Å²) < 4.78 is 19.8. The number of fused-ring (bicyclic) bond motifs is 3. The van der Waals surface area contributed by atoms with Crippen LogP contribution in [0.3, 0.4) is 0 Å². The number of nitrogens with one attached hydrogen (secondary N) is 5. The third-order valence-electron chi connectivity index (χ3n) is 8.90. The normalized spacial score (nSPS) is 19.9. The smallest absolute Gasteiger partial charge is 0.257 e. The highest BCUT2D eigenvalue weighted by molar-refractivity contribution is 5.93. The average Bonchev–Trinajstić information content (AvgIpc) is 3.39. The molecule has 2 bridgehead atoms. The van der Waals surface area contributed by atoms with E-state index in [-0.39, 0.29) is 43.7 Å². The molecule has 0 aliphatic carbocycles. The van der Waals surface area contributed by atoms with Crippen LogP contribution in [0.4, 0.5) is 4.39 Å². The van der Waals surface area contributed by atoms with Gasteiger partial charge in [0.25, 0.3) is 5.91 Å². The number of carbonyl (C=O) groups is 5. The second-order valence-electron chi connectivity index (χ2n) is 13.8. The van der Waals surface area contributed by atoms with Crippen molar-refractivity contribution in [3.8, 4) is 5.75 Å². The molecule has 0 radical (unpaired) electrons. The van der Waals surface area contributed by atoms with Crippen molar-refractivity contribution in [1.82, 2.24) is 31.2 Å². The first kappa shape index (κ1) is 39.8. The minimum Gasteiger partial charge on any atom is -0.484 e. The van der Waals surface area contributed by atoms with E-state index in [1.165, 1.54) is 19.1 Å². The molecule has 13 nitrogen and oxygen atoms in total. The zero-order valence-electron chi connectivity index (χ0n) is 30.4. The number of carbonyl (C=O) groups excluding carboxylic acids is 5. The number of aromatic nitrogens is 1. The number of hydrogen-bond acceptors (Lipinski definition) is 7. The molecule has 0 unspecified atom stereocenters. The molecule has 0 fully saturated rings. The van der Waals surface area contributed by atoms with E-state index in [1.54, 1.807) is 35.2 Å². The lowest BCUT2D eigenvalue weighted by Crippen LogP contribution is -2.57. The van der Waals surface area contributed by atoms with Crippen molar-refractivity contribution >= 4 is 40.4 Å². The van der Waals surface area contributed by atoms with Gasteiger partial charge in [0.15, 0.2) is 6.61 Å². The van der Waals surface area contributed by atoms with Gasteiger partial charge < -0.3 is 41.0 Å². The third-order valence-corrected chi connectivity index (χ3v) is 8.90. The third kappa shape index (κ3) is 11.8. The fourth-order valence-corrected chi connectivity index (χ4v) is 6.19. The van der Waals surface area contributed by atoms with Gasteiger partial charge in [0.05, 0.1) is 18.9 Å². The van der Waals surface area contributed by atoms with E-state index >= 15 is 0 Å². The van der Waals surface area contributed by atoms with Gasteiger partial charge in [-0.15, -0.1) is 0 Å². The molecule has 0 spiro atoms. The first-order valence-corrected chi connectivity index (χ1v) is 17.9. The second-order valence-corrected chi connectivity index (χ2v) is 13.8. The Bertz CT molecular complexity index is 1720. The Balaban J connectivity index is 1.49. The zero-order valence-corrected chi connectivity index (χ0v) is 30.4. The molecule has 1 aromatic heterocycles. The van der Waals surface area contributed by atoms with Crippen LogP contribution in [0, 0.1) is 18.7 Å². The van der Waals surface area contributed by atoms with E-state index in [9.17, 15) is 33.5 Å².